The standard InChI is InChI=1S/C17H19ClN2/c18-16-7-6-13(10-17(16)19)11-20-9-8-15(12-20)14-4-2-1-3-5-14/h1-7,10,15H,8-9,11-12,19H2. The molecule has 3 rings (SSSR count). The number of hydrogen-bond donors (Lipinski definition) is 1. The lowest BCUT2D eigenvalue weighted by Crippen LogP contribution is -2.19. The van der Waals surface area contributed by atoms with Crippen molar-refractivity contribution >= 4 is 17.3 Å². The molecule has 1 saturated heterocycles. The molecule has 2 N–H and O–H groups in total. The fraction of sp³-hybridized carbons (Fsp3) is 0.294. The molecule has 20 heavy (non-hydrogen) atoms. The summed E-state index contributed by atoms with van der Waals surface area (Å²) in [6.07, 6.45) is 1.23. The highest BCUT2D eigenvalue weighted by atomic mass is 35.5. The SMILES string of the molecule is Nc1cc(CN2CCC(c3ccccc3)C2)ccc1Cl. The fourth-order valence-corrected chi connectivity index (χ4v) is 3.04. The first-order valence-corrected chi connectivity index (χ1v) is 7.41. The molecule has 0 amide bonds. The number of hydrogen-bond acceptors (Lipinski definition) is 2. The Kier molecular flexibility index (Phi) is 3.95. The average Bonchev–Trinajstić information content (AvgIpc) is 2.92. The normalized spacial score (nSPS) is 19.4. The minimum Gasteiger partial charge on any atom is -0.398 e. The molecule has 0 radical (unpaired) electrons. The van der Waals surface area contributed by atoms with Gasteiger partial charge in [-0.3, -0.25) is 4.90 Å². The van der Waals surface area contributed by atoms with Crippen molar-refractivity contribution in [2.75, 3.05) is 18.8 Å². The molecule has 1 aliphatic heterocycles. The molecule has 0 aliphatic carbocycles. The van der Waals surface area contributed by atoms with Gasteiger partial charge in [-0.2, -0.15) is 0 Å². The number of nitrogen functional groups attached to an aromatic ring is 1. The Morgan fingerprint density at radius 3 is 2.70 bits per heavy atom. The third-order valence-corrected chi connectivity index (χ3v) is 4.35. The van der Waals surface area contributed by atoms with E-state index in [1.807, 2.05) is 12.1 Å². The summed E-state index contributed by atoms with van der Waals surface area (Å²) >= 11 is 5.96. The quantitative estimate of drug-likeness (QED) is 0.867. The molecular formula is C17H19ClN2. The van der Waals surface area contributed by atoms with Crippen LogP contribution in [0, 0.1) is 0 Å². The first kappa shape index (κ1) is 13.5. The first-order valence-electron chi connectivity index (χ1n) is 7.03. The molecule has 104 valence electrons. The van der Waals surface area contributed by atoms with Crippen LogP contribution in [0.25, 0.3) is 0 Å². The summed E-state index contributed by atoms with van der Waals surface area (Å²) in [4.78, 5) is 2.49. The Balaban J connectivity index is 1.64. The average molecular weight is 287 g/mol. The van der Waals surface area contributed by atoms with Crippen LogP contribution in [-0.2, 0) is 6.54 Å². The van der Waals surface area contributed by atoms with Gasteiger partial charge in [0.1, 0.15) is 0 Å². The van der Waals surface area contributed by atoms with Gasteiger partial charge < -0.3 is 5.73 Å². The number of likely N-dealkylation sites (tertiary alicyclic amines) is 1. The Hall–Kier alpha value is -1.51. The van der Waals surface area contributed by atoms with Gasteiger partial charge in [-0.15, -0.1) is 0 Å². The van der Waals surface area contributed by atoms with E-state index in [0.717, 1.165) is 19.6 Å². The highest BCUT2D eigenvalue weighted by molar-refractivity contribution is 6.33. The van der Waals surface area contributed by atoms with Crippen molar-refractivity contribution in [3.63, 3.8) is 0 Å². The number of nitrogens with zero attached hydrogens (tertiary/aromatic N) is 1. The molecule has 2 aromatic rings. The predicted molar refractivity (Wildman–Crippen MR) is 84.9 cm³/mol. The number of rotatable bonds is 3. The Labute approximate surface area is 125 Å². The van der Waals surface area contributed by atoms with Crippen molar-refractivity contribution in [2.24, 2.45) is 0 Å². The lowest BCUT2D eigenvalue weighted by atomic mass is 9.99. The summed E-state index contributed by atoms with van der Waals surface area (Å²) in [5.74, 6) is 0.654. The number of benzene rings is 2. The van der Waals surface area contributed by atoms with Crippen LogP contribution in [0.5, 0.6) is 0 Å². The maximum atomic E-state index is 5.96. The van der Waals surface area contributed by atoms with E-state index in [1.165, 1.54) is 17.5 Å². The van der Waals surface area contributed by atoms with Gasteiger partial charge in [0.05, 0.1) is 10.7 Å². The van der Waals surface area contributed by atoms with Crippen LogP contribution in [0.2, 0.25) is 5.02 Å². The summed E-state index contributed by atoms with van der Waals surface area (Å²) in [5, 5.41) is 0.636. The molecule has 1 atom stereocenters. The summed E-state index contributed by atoms with van der Waals surface area (Å²) < 4.78 is 0. The predicted octanol–water partition coefficient (Wildman–Crippen LogP) is 3.91. The Bertz CT molecular complexity index is 583. The van der Waals surface area contributed by atoms with E-state index >= 15 is 0 Å². The second kappa shape index (κ2) is 5.86. The highest BCUT2D eigenvalue weighted by Crippen LogP contribution is 2.28. The summed E-state index contributed by atoms with van der Waals surface area (Å²) in [6.45, 7) is 3.21. The van der Waals surface area contributed by atoms with Crippen LogP contribution in [0.4, 0.5) is 5.69 Å². The van der Waals surface area contributed by atoms with Crippen molar-refractivity contribution < 1.29 is 0 Å². The van der Waals surface area contributed by atoms with Crippen molar-refractivity contribution in [2.45, 2.75) is 18.9 Å². The van der Waals surface area contributed by atoms with Gasteiger partial charge in [-0.1, -0.05) is 48.0 Å². The van der Waals surface area contributed by atoms with Crippen molar-refractivity contribution in [1.29, 1.82) is 0 Å². The molecular weight excluding hydrogens is 268 g/mol. The van der Waals surface area contributed by atoms with Gasteiger partial charge in [0.2, 0.25) is 0 Å². The molecule has 0 aromatic heterocycles. The minimum atomic E-state index is 0.636. The van der Waals surface area contributed by atoms with E-state index in [9.17, 15) is 0 Å². The van der Waals surface area contributed by atoms with Crippen LogP contribution in [0.15, 0.2) is 48.5 Å². The Morgan fingerprint density at radius 1 is 1.15 bits per heavy atom. The molecule has 1 fully saturated rings. The lowest BCUT2D eigenvalue weighted by Gasteiger charge is -2.16. The largest absolute Gasteiger partial charge is 0.398 e. The molecule has 3 heteroatoms. The zero-order valence-electron chi connectivity index (χ0n) is 11.4. The second-order valence-corrected chi connectivity index (χ2v) is 5.89. The molecule has 0 saturated carbocycles. The zero-order valence-corrected chi connectivity index (χ0v) is 12.2. The molecule has 2 aromatic carbocycles. The molecule has 2 nitrogen and oxygen atoms in total. The lowest BCUT2D eigenvalue weighted by molar-refractivity contribution is 0.327. The third kappa shape index (κ3) is 2.97. The zero-order chi connectivity index (χ0) is 13.9. The van der Waals surface area contributed by atoms with Gasteiger partial charge in [0.15, 0.2) is 0 Å². The Morgan fingerprint density at radius 2 is 1.95 bits per heavy atom. The van der Waals surface area contributed by atoms with E-state index in [4.69, 9.17) is 17.3 Å². The van der Waals surface area contributed by atoms with Gasteiger partial charge in [0, 0.05) is 13.1 Å². The van der Waals surface area contributed by atoms with E-state index in [1.54, 1.807) is 0 Å². The van der Waals surface area contributed by atoms with Crippen molar-refractivity contribution in [1.82, 2.24) is 4.90 Å². The first-order chi connectivity index (χ1) is 9.72. The van der Waals surface area contributed by atoms with Gasteiger partial charge in [-0.25, -0.2) is 0 Å². The maximum absolute atomic E-state index is 5.96. The van der Waals surface area contributed by atoms with E-state index in [-0.39, 0.29) is 0 Å². The van der Waals surface area contributed by atoms with Crippen molar-refractivity contribution in [3.8, 4) is 0 Å². The molecule has 1 unspecified atom stereocenters. The van der Waals surface area contributed by atoms with E-state index in [0.29, 0.717) is 16.6 Å². The number of nitrogens with two attached hydrogens (primary N) is 1. The van der Waals surface area contributed by atoms with Gasteiger partial charge in [0.25, 0.3) is 0 Å². The van der Waals surface area contributed by atoms with Crippen LogP contribution in [0.1, 0.15) is 23.5 Å². The second-order valence-electron chi connectivity index (χ2n) is 5.49. The minimum absolute atomic E-state index is 0.636. The summed E-state index contributed by atoms with van der Waals surface area (Å²) in [6, 6.07) is 16.7. The number of halogens is 1. The maximum Gasteiger partial charge on any atom is 0.0635 e. The van der Waals surface area contributed by atoms with Gasteiger partial charge >= 0.3 is 0 Å². The fourth-order valence-electron chi connectivity index (χ4n) is 2.92. The number of anilines is 1. The van der Waals surface area contributed by atoms with Crippen LogP contribution in [0.3, 0.4) is 0 Å². The molecule has 1 aliphatic rings. The monoisotopic (exact) mass is 286 g/mol. The van der Waals surface area contributed by atoms with Crippen LogP contribution in [-0.4, -0.2) is 18.0 Å². The van der Waals surface area contributed by atoms with Gasteiger partial charge in [-0.05, 0) is 42.1 Å². The van der Waals surface area contributed by atoms with Crippen LogP contribution < -0.4 is 5.73 Å². The smallest absolute Gasteiger partial charge is 0.0635 e. The highest BCUT2D eigenvalue weighted by Gasteiger charge is 2.23. The molecule has 0 bridgehead atoms. The van der Waals surface area contributed by atoms with E-state index < -0.39 is 0 Å². The van der Waals surface area contributed by atoms with Crippen molar-refractivity contribution in [3.05, 3.63) is 64.7 Å². The summed E-state index contributed by atoms with van der Waals surface area (Å²) in [5.41, 5.74) is 9.22. The summed E-state index contributed by atoms with van der Waals surface area (Å²) in [7, 11) is 0. The third-order valence-electron chi connectivity index (χ3n) is 4.01. The molecule has 1 heterocycles. The topological polar surface area (TPSA) is 29.3 Å². The van der Waals surface area contributed by atoms with Crippen LogP contribution >= 0.6 is 11.6 Å². The molecule has 0 spiro atoms. The van der Waals surface area contributed by atoms with E-state index in [2.05, 4.69) is 41.3 Å².